The largest absolute Gasteiger partial charge is 0.398 e. The lowest BCUT2D eigenvalue weighted by molar-refractivity contribution is 0.103. The zero-order valence-electron chi connectivity index (χ0n) is 14.3. The molecule has 1 aromatic heterocycles. The molecule has 0 aliphatic rings. The lowest BCUT2D eigenvalue weighted by atomic mass is 10.1. The highest BCUT2D eigenvalue weighted by Crippen LogP contribution is 2.31. The molecule has 0 unspecified atom stereocenters. The van der Waals surface area contributed by atoms with Crippen molar-refractivity contribution < 1.29 is 4.79 Å². The number of nitrogens with zero attached hydrogens (tertiary/aromatic N) is 2. The Labute approximate surface area is 160 Å². The van der Waals surface area contributed by atoms with Gasteiger partial charge in [0.05, 0.1) is 16.3 Å². The quantitative estimate of drug-likeness (QED) is 0.333. The molecule has 0 fully saturated rings. The van der Waals surface area contributed by atoms with Crippen LogP contribution in [-0.4, -0.2) is 5.91 Å². The topological polar surface area (TPSA) is 79.8 Å². The average Bonchev–Trinajstić information content (AvgIpc) is 3.24. The molecular weight excluding hydrogens is 356 g/mol. The number of carbonyl (C=O) groups is 1. The number of thiophene rings is 1. The van der Waals surface area contributed by atoms with Crippen LogP contribution >= 0.6 is 11.3 Å². The van der Waals surface area contributed by atoms with E-state index in [4.69, 9.17) is 5.73 Å². The Balaban J connectivity index is 1.52. The molecule has 0 bridgehead atoms. The van der Waals surface area contributed by atoms with Crippen molar-refractivity contribution in [1.29, 1.82) is 0 Å². The van der Waals surface area contributed by atoms with Crippen molar-refractivity contribution in [2.75, 3.05) is 11.1 Å². The van der Waals surface area contributed by atoms with Crippen molar-refractivity contribution in [2.45, 2.75) is 0 Å². The number of fused-ring (bicyclic) bond motifs is 1. The normalized spacial score (nSPS) is 11.1. The van der Waals surface area contributed by atoms with Crippen LogP contribution in [-0.2, 0) is 0 Å². The van der Waals surface area contributed by atoms with Crippen LogP contribution in [0.5, 0.6) is 0 Å². The van der Waals surface area contributed by atoms with Crippen molar-refractivity contribution in [3.05, 3.63) is 83.1 Å². The van der Waals surface area contributed by atoms with Crippen molar-refractivity contribution in [3.8, 4) is 0 Å². The maximum Gasteiger partial charge on any atom is 0.265 e. The van der Waals surface area contributed by atoms with E-state index in [0.717, 1.165) is 22.1 Å². The summed E-state index contributed by atoms with van der Waals surface area (Å²) in [6, 6.07) is 22.4. The number of nitrogens with one attached hydrogen (secondary N) is 1. The monoisotopic (exact) mass is 372 g/mol. The first-order chi connectivity index (χ1) is 13.2. The Kier molecular flexibility index (Phi) is 4.63. The predicted molar refractivity (Wildman–Crippen MR) is 111 cm³/mol. The molecule has 1 heterocycles. The molecule has 0 aliphatic heterocycles. The third-order valence-corrected chi connectivity index (χ3v) is 4.95. The van der Waals surface area contributed by atoms with E-state index < -0.39 is 0 Å². The van der Waals surface area contributed by atoms with E-state index in [9.17, 15) is 4.79 Å². The van der Waals surface area contributed by atoms with E-state index in [1.165, 1.54) is 11.3 Å². The second-order valence-corrected chi connectivity index (χ2v) is 6.85. The van der Waals surface area contributed by atoms with Gasteiger partial charge in [0.15, 0.2) is 0 Å². The molecule has 4 rings (SSSR count). The number of anilines is 2. The molecule has 3 aromatic carbocycles. The van der Waals surface area contributed by atoms with Gasteiger partial charge in [-0.15, -0.1) is 16.5 Å². The van der Waals surface area contributed by atoms with Crippen molar-refractivity contribution >= 4 is 50.8 Å². The Morgan fingerprint density at radius 1 is 0.852 bits per heavy atom. The molecule has 5 nitrogen and oxygen atoms in total. The van der Waals surface area contributed by atoms with Crippen LogP contribution in [0.1, 0.15) is 9.67 Å². The van der Waals surface area contributed by atoms with E-state index >= 15 is 0 Å². The van der Waals surface area contributed by atoms with Crippen molar-refractivity contribution in [2.24, 2.45) is 10.2 Å². The minimum absolute atomic E-state index is 0.118. The van der Waals surface area contributed by atoms with Gasteiger partial charge in [0.1, 0.15) is 0 Å². The molecule has 0 spiro atoms. The summed E-state index contributed by atoms with van der Waals surface area (Å²) >= 11 is 1.41. The number of nitrogens with two attached hydrogens (primary N) is 1. The number of hydrogen-bond acceptors (Lipinski definition) is 5. The molecule has 0 radical (unpaired) electrons. The van der Waals surface area contributed by atoms with Crippen LogP contribution in [0.4, 0.5) is 22.7 Å². The second kappa shape index (κ2) is 7.39. The molecule has 3 N–H and O–H groups in total. The predicted octanol–water partition coefficient (Wildman–Crippen LogP) is 6.15. The molecule has 0 atom stereocenters. The number of hydrogen-bond donors (Lipinski definition) is 2. The fourth-order valence-electron chi connectivity index (χ4n) is 2.72. The number of benzene rings is 3. The average molecular weight is 372 g/mol. The lowest BCUT2D eigenvalue weighted by Gasteiger charge is -2.05. The molecule has 27 heavy (non-hydrogen) atoms. The highest BCUT2D eigenvalue weighted by atomic mass is 32.1. The minimum Gasteiger partial charge on any atom is -0.398 e. The van der Waals surface area contributed by atoms with Gasteiger partial charge in [0.25, 0.3) is 5.91 Å². The number of carbonyl (C=O) groups excluding carboxylic acids is 1. The SMILES string of the molecule is Nc1ccc(N=Nc2ccc(NC(=O)c3cccs3)cc2)c2ccccc12. The van der Waals surface area contributed by atoms with Gasteiger partial charge < -0.3 is 11.1 Å². The Morgan fingerprint density at radius 3 is 2.37 bits per heavy atom. The van der Waals surface area contributed by atoms with E-state index in [1.54, 1.807) is 18.2 Å². The summed E-state index contributed by atoms with van der Waals surface area (Å²) in [6.45, 7) is 0. The molecule has 0 aliphatic carbocycles. The van der Waals surface area contributed by atoms with Gasteiger partial charge in [0, 0.05) is 22.1 Å². The van der Waals surface area contributed by atoms with Crippen LogP contribution in [0.25, 0.3) is 10.8 Å². The Hall–Kier alpha value is -3.51. The fourth-order valence-corrected chi connectivity index (χ4v) is 3.34. The van der Waals surface area contributed by atoms with E-state index in [-0.39, 0.29) is 5.91 Å². The van der Waals surface area contributed by atoms with Gasteiger partial charge in [-0.05, 0) is 47.8 Å². The van der Waals surface area contributed by atoms with Crippen LogP contribution in [0.15, 0.2) is 88.4 Å². The van der Waals surface area contributed by atoms with Gasteiger partial charge in [0.2, 0.25) is 0 Å². The van der Waals surface area contributed by atoms with E-state index in [0.29, 0.717) is 16.3 Å². The zero-order chi connectivity index (χ0) is 18.6. The molecule has 1 amide bonds. The van der Waals surface area contributed by atoms with Crippen LogP contribution in [0.3, 0.4) is 0 Å². The number of rotatable bonds is 4. The van der Waals surface area contributed by atoms with E-state index in [1.807, 2.05) is 60.0 Å². The van der Waals surface area contributed by atoms with Crippen molar-refractivity contribution in [3.63, 3.8) is 0 Å². The highest BCUT2D eigenvalue weighted by molar-refractivity contribution is 7.12. The fraction of sp³-hybridized carbons (Fsp3) is 0. The number of amides is 1. The summed E-state index contributed by atoms with van der Waals surface area (Å²) in [5.74, 6) is -0.118. The van der Waals surface area contributed by atoms with Gasteiger partial charge in [-0.2, -0.15) is 5.11 Å². The Morgan fingerprint density at radius 2 is 1.63 bits per heavy atom. The molecule has 6 heteroatoms. The highest BCUT2D eigenvalue weighted by Gasteiger charge is 2.06. The molecule has 132 valence electrons. The summed E-state index contributed by atoms with van der Waals surface area (Å²) in [7, 11) is 0. The first-order valence-electron chi connectivity index (χ1n) is 8.34. The van der Waals surface area contributed by atoms with Gasteiger partial charge in [-0.25, -0.2) is 0 Å². The van der Waals surface area contributed by atoms with Gasteiger partial charge in [-0.1, -0.05) is 30.3 Å². The maximum absolute atomic E-state index is 12.1. The third kappa shape index (κ3) is 3.70. The summed E-state index contributed by atoms with van der Waals surface area (Å²) in [5.41, 5.74) is 8.91. The van der Waals surface area contributed by atoms with Crippen LogP contribution < -0.4 is 11.1 Å². The number of nitrogen functional groups attached to an aromatic ring is 1. The smallest absolute Gasteiger partial charge is 0.265 e. The van der Waals surface area contributed by atoms with Gasteiger partial charge >= 0.3 is 0 Å². The number of azo groups is 1. The summed E-state index contributed by atoms with van der Waals surface area (Å²) in [5, 5.41) is 15.3. The summed E-state index contributed by atoms with van der Waals surface area (Å²) < 4.78 is 0. The summed E-state index contributed by atoms with van der Waals surface area (Å²) in [4.78, 5) is 12.7. The van der Waals surface area contributed by atoms with Gasteiger partial charge in [-0.3, -0.25) is 4.79 Å². The standard InChI is InChI=1S/C21H16N4OS/c22-18-11-12-19(17-5-2-1-4-16(17)18)25-24-15-9-7-14(8-10-15)23-21(26)20-6-3-13-27-20/h1-13H,22H2,(H,23,26). The maximum atomic E-state index is 12.1. The molecule has 4 aromatic rings. The van der Waals surface area contributed by atoms with Crippen LogP contribution in [0.2, 0.25) is 0 Å². The van der Waals surface area contributed by atoms with Crippen LogP contribution in [0, 0.1) is 0 Å². The second-order valence-electron chi connectivity index (χ2n) is 5.90. The first kappa shape index (κ1) is 16.9. The Bertz CT molecular complexity index is 1120. The molecule has 0 saturated heterocycles. The zero-order valence-corrected chi connectivity index (χ0v) is 15.1. The third-order valence-electron chi connectivity index (χ3n) is 4.08. The van der Waals surface area contributed by atoms with E-state index in [2.05, 4.69) is 15.5 Å². The van der Waals surface area contributed by atoms with Crippen molar-refractivity contribution in [1.82, 2.24) is 0 Å². The first-order valence-corrected chi connectivity index (χ1v) is 9.22. The minimum atomic E-state index is -0.118. The molecular formula is C21H16N4OS. The molecule has 0 saturated carbocycles. The lowest BCUT2D eigenvalue weighted by Crippen LogP contribution is -2.09. The summed E-state index contributed by atoms with van der Waals surface area (Å²) in [6.07, 6.45) is 0.